The molecule has 0 unspecified atom stereocenters. The Balaban J connectivity index is 0.00000117. The van der Waals surface area contributed by atoms with Crippen molar-refractivity contribution in [3.63, 3.8) is 0 Å². The smallest absolute Gasteiger partial charge is 0.287 e. The number of para-hydroxylation sites is 2. The largest absolute Gasteiger partial charge is 0.347 e. The second-order valence-corrected chi connectivity index (χ2v) is 7.17. The van der Waals surface area contributed by atoms with Crippen LogP contribution in [0, 0.1) is 0 Å². The summed E-state index contributed by atoms with van der Waals surface area (Å²) in [6.07, 6.45) is 1.65. The molecule has 7 nitrogen and oxygen atoms in total. The van der Waals surface area contributed by atoms with Crippen molar-refractivity contribution in [2.24, 2.45) is 0 Å². The number of hydrogen-bond donors (Lipinski definition) is 4. The molecule has 0 amide bonds. The van der Waals surface area contributed by atoms with Crippen molar-refractivity contribution in [3.05, 3.63) is 64.9 Å². The maximum absolute atomic E-state index is 11.0. The molecule has 0 spiro atoms. The van der Waals surface area contributed by atoms with Crippen LogP contribution in [0.1, 0.15) is 38.1 Å². The summed E-state index contributed by atoms with van der Waals surface area (Å²) in [4.78, 5) is 5.77. The predicted molar refractivity (Wildman–Crippen MR) is 111 cm³/mol. The van der Waals surface area contributed by atoms with Crippen LogP contribution in [-0.2, 0) is 11.8 Å². The number of rotatable bonds is 4. The third-order valence-corrected chi connectivity index (χ3v) is 5.20. The Morgan fingerprint density at radius 1 is 0.862 bits per heavy atom. The Bertz CT molecular complexity index is 964. The molecule has 1 fully saturated rings. The molecule has 0 saturated carbocycles. The average Bonchev–Trinajstić information content (AvgIpc) is 3.39. The molecule has 4 rings (SSSR count). The van der Waals surface area contributed by atoms with Gasteiger partial charge in [-0.15, -0.1) is 0 Å². The van der Waals surface area contributed by atoms with E-state index in [0.717, 1.165) is 17.4 Å². The van der Waals surface area contributed by atoms with E-state index in [-0.39, 0.29) is 11.4 Å². The summed E-state index contributed by atoms with van der Waals surface area (Å²) >= 11 is 5.90. The maximum atomic E-state index is 11.0. The zero-order chi connectivity index (χ0) is 21.2. The molecule has 4 N–H and O–H groups in total. The van der Waals surface area contributed by atoms with E-state index in [9.17, 15) is 20.4 Å². The topological polar surface area (TPSA) is 102 Å². The molecule has 3 aromatic rings. The minimum atomic E-state index is -2.56. The summed E-state index contributed by atoms with van der Waals surface area (Å²) < 4.78 is 1.05. The monoisotopic (exact) mass is 419 g/mol. The van der Waals surface area contributed by atoms with Crippen LogP contribution in [0.3, 0.4) is 0 Å². The molecule has 0 aliphatic carbocycles. The maximum Gasteiger partial charge on any atom is 0.287 e. The van der Waals surface area contributed by atoms with E-state index >= 15 is 0 Å². The highest BCUT2D eigenvalue weighted by Gasteiger charge is 2.45. The van der Waals surface area contributed by atoms with Gasteiger partial charge in [-0.2, -0.15) is 0 Å². The number of benzene rings is 2. The highest BCUT2D eigenvalue weighted by molar-refractivity contribution is 6.30. The molecule has 1 aromatic heterocycles. The summed E-state index contributed by atoms with van der Waals surface area (Å²) in [6, 6.07) is 12.8. The molecule has 1 aliphatic heterocycles. The van der Waals surface area contributed by atoms with Gasteiger partial charge in [-0.3, -0.25) is 4.57 Å². The summed E-state index contributed by atoms with van der Waals surface area (Å²) in [5.74, 6) is -5.27. The fourth-order valence-corrected chi connectivity index (χ4v) is 3.67. The van der Waals surface area contributed by atoms with Gasteiger partial charge >= 0.3 is 0 Å². The lowest BCUT2D eigenvalue weighted by atomic mass is 10.1. The second-order valence-electron chi connectivity index (χ2n) is 6.73. The van der Waals surface area contributed by atoms with Gasteiger partial charge in [-0.05, 0) is 37.1 Å². The molecule has 2 heterocycles. The van der Waals surface area contributed by atoms with Gasteiger partial charge in [0.25, 0.3) is 11.8 Å². The van der Waals surface area contributed by atoms with E-state index in [2.05, 4.69) is 4.98 Å². The quantitative estimate of drug-likeness (QED) is 0.485. The molecule has 0 bridgehead atoms. The van der Waals surface area contributed by atoms with Crippen LogP contribution in [0.5, 0.6) is 0 Å². The summed E-state index contributed by atoms with van der Waals surface area (Å²) in [5, 5.41) is 44.2. The number of halogens is 1. The Morgan fingerprint density at radius 3 is 2.07 bits per heavy atom. The first-order valence-corrected chi connectivity index (χ1v) is 10.1. The van der Waals surface area contributed by atoms with Crippen LogP contribution in [-0.4, -0.2) is 48.0 Å². The van der Waals surface area contributed by atoms with E-state index in [1.54, 1.807) is 24.3 Å². The number of aromatic nitrogens is 2. The standard InChI is InChI=1S/C19H20ClN3O4.C2H6/c20-14-9-7-13(8-10-14)18(24,25)23-16-6-2-1-5-15(16)21-17(23)19(26,27)22-11-3-4-12-22;1-2/h1-2,5-10,24-27H,3-4,11-12H2;1-2H3. The Hall–Kier alpha value is -2.00. The van der Waals surface area contributed by atoms with Crippen molar-refractivity contribution >= 4 is 22.6 Å². The zero-order valence-corrected chi connectivity index (χ0v) is 17.2. The first-order valence-electron chi connectivity index (χ1n) is 9.71. The van der Waals surface area contributed by atoms with Gasteiger partial charge in [0, 0.05) is 23.7 Å². The van der Waals surface area contributed by atoms with E-state index in [4.69, 9.17) is 11.6 Å². The highest BCUT2D eigenvalue weighted by atomic mass is 35.5. The van der Waals surface area contributed by atoms with Gasteiger partial charge in [0.15, 0.2) is 5.82 Å². The van der Waals surface area contributed by atoms with Crippen molar-refractivity contribution in [3.8, 4) is 0 Å². The summed E-state index contributed by atoms with van der Waals surface area (Å²) in [7, 11) is 0. The van der Waals surface area contributed by atoms with E-state index < -0.39 is 11.8 Å². The fourth-order valence-electron chi connectivity index (χ4n) is 3.54. The van der Waals surface area contributed by atoms with Crippen molar-refractivity contribution in [2.75, 3.05) is 13.1 Å². The molecule has 1 saturated heterocycles. The summed E-state index contributed by atoms with van der Waals surface area (Å²) in [5.41, 5.74) is 0.897. The van der Waals surface area contributed by atoms with Crippen LogP contribution in [0.25, 0.3) is 11.0 Å². The van der Waals surface area contributed by atoms with E-state index in [0.29, 0.717) is 29.1 Å². The second kappa shape index (κ2) is 8.39. The normalized spacial score (nSPS) is 15.4. The Morgan fingerprint density at radius 2 is 1.45 bits per heavy atom. The minimum absolute atomic E-state index is 0.119. The summed E-state index contributed by atoms with van der Waals surface area (Å²) in [6.45, 7) is 4.95. The lowest BCUT2D eigenvalue weighted by Crippen LogP contribution is -2.49. The van der Waals surface area contributed by atoms with E-state index in [1.165, 1.54) is 29.2 Å². The van der Waals surface area contributed by atoms with Gasteiger partial charge in [-0.1, -0.05) is 49.7 Å². The van der Waals surface area contributed by atoms with Gasteiger partial charge < -0.3 is 20.4 Å². The first-order chi connectivity index (χ1) is 13.8. The number of hydrogen-bond acceptors (Lipinski definition) is 6. The highest BCUT2D eigenvalue weighted by Crippen LogP contribution is 2.34. The fraction of sp³-hybridized carbons (Fsp3) is 0.381. The van der Waals surface area contributed by atoms with Crippen molar-refractivity contribution in [2.45, 2.75) is 38.5 Å². The van der Waals surface area contributed by atoms with Gasteiger partial charge in [-0.25, -0.2) is 9.88 Å². The number of nitrogens with zero attached hydrogens (tertiary/aromatic N) is 3. The molecule has 1 aliphatic rings. The van der Waals surface area contributed by atoms with Crippen LogP contribution < -0.4 is 0 Å². The van der Waals surface area contributed by atoms with Crippen LogP contribution >= 0.6 is 11.6 Å². The number of imidazole rings is 1. The zero-order valence-electron chi connectivity index (χ0n) is 16.5. The lowest BCUT2D eigenvalue weighted by Gasteiger charge is -2.34. The molecule has 0 atom stereocenters. The molecule has 8 heteroatoms. The molecule has 2 aromatic carbocycles. The van der Waals surface area contributed by atoms with Crippen LogP contribution in [0.15, 0.2) is 48.5 Å². The van der Waals surface area contributed by atoms with Crippen LogP contribution in [0.2, 0.25) is 5.02 Å². The first kappa shape index (κ1) is 21.7. The Labute approximate surface area is 174 Å². The SMILES string of the molecule is CC.OC(O)(c1nc2ccccc2n1C(O)(O)c1ccc(Cl)cc1)N1CCCC1. The molecular formula is C21H26ClN3O4. The minimum Gasteiger partial charge on any atom is -0.347 e. The third kappa shape index (κ3) is 3.90. The van der Waals surface area contributed by atoms with Crippen molar-refractivity contribution in [1.82, 2.24) is 14.5 Å². The van der Waals surface area contributed by atoms with Gasteiger partial charge in [0.2, 0.25) is 0 Å². The van der Waals surface area contributed by atoms with Gasteiger partial charge in [0.05, 0.1) is 11.0 Å². The van der Waals surface area contributed by atoms with E-state index in [1.807, 2.05) is 13.8 Å². The number of fused-ring (bicyclic) bond motifs is 1. The molecular weight excluding hydrogens is 394 g/mol. The average molecular weight is 420 g/mol. The Kier molecular flexibility index (Phi) is 6.28. The molecule has 156 valence electrons. The third-order valence-electron chi connectivity index (χ3n) is 4.95. The van der Waals surface area contributed by atoms with Gasteiger partial charge in [0.1, 0.15) is 0 Å². The predicted octanol–water partition coefficient (Wildman–Crippen LogP) is 2.55. The number of likely N-dealkylation sites (tertiary alicyclic amines) is 1. The van der Waals surface area contributed by atoms with Crippen molar-refractivity contribution < 1.29 is 20.4 Å². The van der Waals surface area contributed by atoms with Crippen molar-refractivity contribution in [1.29, 1.82) is 0 Å². The lowest BCUT2D eigenvalue weighted by molar-refractivity contribution is -0.285. The number of aliphatic hydroxyl groups is 4. The molecule has 0 radical (unpaired) electrons. The van der Waals surface area contributed by atoms with Crippen LogP contribution in [0.4, 0.5) is 0 Å². The molecule has 29 heavy (non-hydrogen) atoms.